The standard InChI is InChI=1S/C17H17ClN4O3S/c1-9-10(2)26-16(19-9)21-14(23)7-13-15(24)22(17(25)20-13)8-11-5-3-4-6-12(11)18/h3-6,13H,7-8H2,1-2H3,(H,20,25)(H,19,21,23)/t13-/m1/s1. The highest BCUT2D eigenvalue weighted by Crippen LogP contribution is 2.22. The number of nitrogens with zero attached hydrogens (tertiary/aromatic N) is 2. The number of aromatic nitrogens is 1. The summed E-state index contributed by atoms with van der Waals surface area (Å²) in [5.74, 6) is -0.825. The van der Waals surface area contributed by atoms with Crippen molar-refractivity contribution in [3.8, 4) is 0 Å². The van der Waals surface area contributed by atoms with E-state index in [0.717, 1.165) is 15.5 Å². The number of nitrogens with one attached hydrogen (secondary N) is 2. The summed E-state index contributed by atoms with van der Waals surface area (Å²) in [6.07, 6.45) is -0.152. The van der Waals surface area contributed by atoms with E-state index in [2.05, 4.69) is 15.6 Å². The average molecular weight is 393 g/mol. The summed E-state index contributed by atoms with van der Waals surface area (Å²) in [5, 5.41) is 6.17. The molecule has 0 bridgehead atoms. The Labute approximate surface area is 159 Å². The first-order valence-electron chi connectivity index (χ1n) is 7.94. The molecule has 9 heteroatoms. The molecule has 1 saturated heterocycles. The lowest BCUT2D eigenvalue weighted by Crippen LogP contribution is -2.34. The normalized spacial score (nSPS) is 16.7. The zero-order chi connectivity index (χ0) is 18.8. The first kappa shape index (κ1) is 18.3. The van der Waals surface area contributed by atoms with Gasteiger partial charge in [0.2, 0.25) is 5.91 Å². The topological polar surface area (TPSA) is 91.4 Å². The predicted molar refractivity (Wildman–Crippen MR) is 99.2 cm³/mol. The Kier molecular flexibility index (Phi) is 5.24. The van der Waals surface area contributed by atoms with Crippen molar-refractivity contribution in [3.05, 3.63) is 45.4 Å². The van der Waals surface area contributed by atoms with Crippen molar-refractivity contribution in [1.82, 2.24) is 15.2 Å². The molecule has 1 aromatic carbocycles. The van der Waals surface area contributed by atoms with Gasteiger partial charge in [-0.3, -0.25) is 14.5 Å². The van der Waals surface area contributed by atoms with Gasteiger partial charge in [0.25, 0.3) is 5.91 Å². The van der Waals surface area contributed by atoms with Crippen LogP contribution < -0.4 is 10.6 Å². The van der Waals surface area contributed by atoms with E-state index in [-0.39, 0.29) is 18.9 Å². The molecular formula is C17H17ClN4O3S. The molecule has 1 aliphatic heterocycles. The van der Waals surface area contributed by atoms with Crippen molar-refractivity contribution in [3.63, 3.8) is 0 Å². The summed E-state index contributed by atoms with van der Waals surface area (Å²) < 4.78 is 0. The van der Waals surface area contributed by atoms with Crippen molar-refractivity contribution in [1.29, 1.82) is 0 Å². The van der Waals surface area contributed by atoms with E-state index in [1.807, 2.05) is 13.8 Å². The summed E-state index contributed by atoms with van der Waals surface area (Å²) >= 11 is 7.45. The summed E-state index contributed by atoms with van der Waals surface area (Å²) in [4.78, 5) is 43.1. The van der Waals surface area contributed by atoms with Gasteiger partial charge in [-0.25, -0.2) is 9.78 Å². The Balaban J connectivity index is 1.63. The fraction of sp³-hybridized carbons (Fsp3) is 0.294. The molecule has 3 rings (SSSR count). The van der Waals surface area contributed by atoms with Crippen molar-refractivity contribution in [2.24, 2.45) is 0 Å². The number of hydrogen-bond donors (Lipinski definition) is 2. The third kappa shape index (κ3) is 3.86. The minimum Gasteiger partial charge on any atom is -0.325 e. The predicted octanol–water partition coefficient (Wildman–Crippen LogP) is 2.86. The van der Waals surface area contributed by atoms with Crippen molar-refractivity contribution in [2.45, 2.75) is 32.9 Å². The number of rotatable bonds is 5. The highest BCUT2D eigenvalue weighted by atomic mass is 35.5. The molecule has 2 aromatic rings. The van der Waals surface area contributed by atoms with Gasteiger partial charge in [-0.2, -0.15) is 0 Å². The van der Waals surface area contributed by atoms with Gasteiger partial charge in [0.1, 0.15) is 6.04 Å². The fourth-order valence-electron chi connectivity index (χ4n) is 2.54. The van der Waals surface area contributed by atoms with E-state index in [1.54, 1.807) is 24.3 Å². The van der Waals surface area contributed by atoms with E-state index in [1.165, 1.54) is 11.3 Å². The molecule has 1 aromatic heterocycles. The first-order valence-corrected chi connectivity index (χ1v) is 9.13. The van der Waals surface area contributed by atoms with Crippen molar-refractivity contribution in [2.75, 3.05) is 5.32 Å². The van der Waals surface area contributed by atoms with E-state index >= 15 is 0 Å². The van der Waals surface area contributed by atoms with Crippen LogP contribution in [0, 0.1) is 13.8 Å². The first-order chi connectivity index (χ1) is 12.3. The molecule has 0 spiro atoms. The van der Waals surface area contributed by atoms with Crippen LogP contribution in [0.5, 0.6) is 0 Å². The molecule has 136 valence electrons. The lowest BCUT2D eigenvalue weighted by atomic mass is 10.1. The zero-order valence-electron chi connectivity index (χ0n) is 14.2. The van der Waals surface area contributed by atoms with Crippen LogP contribution in [0.3, 0.4) is 0 Å². The number of aryl methyl sites for hydroxylation is 2. The number of carbonyl (C=O) groups excluding carboxylic acids is 3. The molecule has 1 aliphatic rings. The summed E-state index contributed by atoms with van der Waals surface area (Å²) in [7, 11) is 0. The van der Waals surface area contributed by atoms with Crippen LogP contribution in [0.25, 0.3) is 0 Å². The highest BCUT2D eigenvalue weighted by Gasteiger charge is 2.39. The van der Waals surface area contributed by atoms with Crippen LogP contribution in [0.4, 0.5) is 9.93 Å². The van der Waals surface area contributed by atoms with E-state index in [9.17, 15) is 14.4 Å². The molecule has 2 N–H and O–H groups in total. The Hall–Kier alpha value is -2.45. The van der Waals surface area contributed by atoms with Gasteiger partial charge in [0.15, 0.2) is 5.13 Å². The minimum absolute atomic E-state index is 0.0628. The third-order valence-electron chi connectivity index (χ3n) is 4.06. The van der Waals surface area contributed by atoms with E-state index in [4.69, 9.17) is 11.6 Å². The molecule has 7 nitrogen and oxygen atoms in total. The quantitative estimate of drug-likeness (QED) is 0.765. The molecule has 26 heavy (non-hydrogen) atoms. The number of carbonyl (C=O) groups is 3. The van der Waals surface area contributed by atoms with Gasteiger partial charge in [0.05, 0.1) is 18.7 Å². The number of amides is 4. The van der Waals surface area contributed by atoms with Crippen molar-refractivity contribution < 1.29 is 14.4 Å². The molecule has 4 amide bonds. The summed E-state index contributed by atoms with van der Waals surface area (Å²) in [6.45, 7) is 3.83. The second-order valence-corrected chi connectivity index (χ2v) is 7.54. The van der Waals surface area contributed by atoms with Gasteiger partial charge in [0, 0.05) is 9.90 Å². The maximum Gasteiger partial charge on any atom is 0.325 e. The molecule has 2 heterocycles. The maximum atomic E-state index is 12.5. The molecule has 0 aliphatic carbocycles. The van der Waals surface area contributed by atoms with Crippen LogP contribution in [0.2, 0.25) is 5.02 Å². The number of halogens is 1. The number of hydrogen-bond acceptors (Lipinski definition) is 5. The molecular weight excluding hydrogens is 376 g/mol. The molecule has 1 atom stereocenters. The van der Waals surface area contributed by atoms with Crippen LogP contribution in [-0.2, 0) is 16.1 Å². The van der Waals surface area contributed by atoms with Gasteiger partial charge >= 0.3 is 6.03 Å². The van der Waals surface area contributed by atoms with E-state index < -0.39 is 18.0 Å². The SMILES string of the molecule is Cc1nc(NC(=O)C[C@H]2NC(=O)N(Cc3ccccc3Cl)C2=O)sc1C. The van der Waals surface area contributed by atoms with Gasteiger partial charge < -0.3 is 10.6 Å². The minimum atomic E-state index is -0.896. The largest absolute Gasteiger partial charge is 0.325 e. The lowest BCUT2D eigenvalue weighted by molar-refractivity contribution is -0.130. The zero-order valence-corrected chi connectivity index (χ0v) is 15.8. The number of urea groups is 1. The van der Waals surface area contributed by atoms with Gasteiger partial charge in [-0.1, -0.05) is 29.8 Å². The Morgan fingerprint density at radius 2 is 2.08 bits per heavy atom. The van der Waals surface area contributed by atoms with Gasteiger partial charge in [-0.05, 0) is 25.5 Å². The number of imide groups is 1. The molecule has 1 fully saturated rings. The molecule has 0 saturated carbocycles. The maximum absolute atomic E-state index is 12.5. The third-order valence-corrected chi connectivity index (χ3v) is 5.41. The summed E-state index contributed by atoms with van der Waals surface area (Å²) in [5.41, 5.74) is 1.51. The average Bonchev–Trinajstić information content (AvgIpc) is 3.02. The van der Waals surface area contributed by atoms with Gasteiger partial charge in [-0.15, -0.1) is 11.3 Å². The Bertz CT molecular complexity index is 863. The number of thiazole rings is 1. The van der Waals surface area contributed by atoms with Crippen LogP contribution in [0.15, 0.2) is 24.3 Å². The molecule has 0 unspecified atom stereocenters. The smallest absolute Gasteiger partial charge is 0.325 e. The molecule has 0 radical (unpaired) electrons. The van der Waals surface area contributed by atoms with Crippen LogP contribution >= 0.6 is 22.9 Å². The van der Waals surface area contributed by atoms with Crippen molar-refractivity contribution >= 4 is 45.9 Å². The lowest BCUT2D eigenvalue weighted by Gasteiger charge is -2.14. The Morgan fingerprint density at radius 1 is 1.35 bits per heavy atom. The second kappa shape index (κ2) is 7.43. The fourth-order valence-corrected chi connectivity index (χ4v) is 3.57. The summed E-state index contributed by atoms with van der Waals surface area (Å²) in [6, 6.07) is 5.56. The monoisotopic (exact) mass is 392 g/mol. The van der Waals surface area contributed by atoms with E-state index in [0.29, 0.717) is 15.7 Å². The number of anilines is 1. The highest BCUT2D eigenvalue weighted by molar-refractivity contribution is 7.15. The van der Waals surface area contributed by atoms with Crippen LogP contribution in [-0.4, -0.2) is 33.8 Å². The Morgan fingerprint density at radius 3 is 2.73 bits per heavy atom. The van der Waals surface area contributed by atoms with Crippen LogP contribution in [0.1, 0.15) is 22.6 Å². The number of benzene rings is 1. The second-order valence-electron chi connectivity index (χ2n) is 5.93.